The van der Waals surface area contributed by atoms with E-state index < -0.39 is 11.6 Å². The van der Waals surface area contributed by atoms with E-state index in [2.05, 4.69) is 4.74 Å². The highest BCUT2D eigenvalue weighted by molar-refractivity contribution is 5.79. The molecule has 0 amide bonds. The van der Waals surface area contributed by atoms with Crippen LogP contribution < -0.4 is 0 Å². The van der Waals surface area contributed by atoms with Crippen molar-refractivity contribution in [1.29, 1.82) is 0 Å². The average molecular weight is 202 g/mol. The molecule has 0 aliphatic rings. The maximum atomic E-state index is 11.5. The van der Waals surface area contributed by atoms with Gasteiger partial charge in [-0.1, -0.05) is 13.8 Å². The summed E-state index contributed by atoms with van der Waals surface area (Å²) < 4.78 is 9.77. The van der Waals surface area contributed by atoms with Crippen molar-refractivity contribution in [3.05, 3.63) is 0 Å². The largest absolute Gasteiger partial charge is 0.459 e. The first kappa shape index (κ1) is 12.9. The third-order valence-electron chi connectivity index (χ3n) is 2.02. The molecule has 0 spiro atoms. The fraction of sp³-hybridized carbons (Fsp3) is 0.800. The Balaban J connectivity index is 4.24. The van der Waals surface area contributed by atoms with Gasteiger partial charge in [-0.05, 0) is 26.7 Å². The van der Waals surface area contributed by atoms with Crippen molar-refractivity contribution in [1.82, 2.24) is 0 Å². The zero-order chi connectivity index (χ0) is 11.2. The van der Waals surface area contributed by atoms with Crippen LogP contribution in [-0.2, 0) is 19.1 Å². The Labute approximate surface area is 84.6 Å². The lowest BCUT2D eigenvalue weighted by Crippen LogP contribution is -2.38. The minimum absolute atomic E-state index is 0.1000. The molecule has 4 heteroatoms. The Morgan fingerprint density at radius 1 is 1.36 bits per heavy atom. The number of carbonyl (C=O) groups is 2. The standard InChI is InChI=1S/C10H18O4/c1-5-8(6-2)14-9(12)10(3,4)13-7-11/h7-8H,5-6H2,1-4H3. The molecular formula is C10H18O4. The molecule has 0 saturated heterocycles. The zero-order valence-corrected chi connectivity index (χ0v) is 9.20. The van der Waals surface area contributed by atoms with Gasteiger partial charge in [0.25, 0.3) is 6.47 Å². The van der Waals surface area contributed by atoms with E-state index in [1.165, 1.54) is 13.8 Å². The van der Waals surface area contributed by atoms with Gasteiger partial charge in [-0.25, -0.2) is 4.79 Å². The fourth-order valence-electron chi connectivity index (χ4n) is 0.917. The Morgan fingerprint density at radius 2 is 1.86 bits per heavy atom. The highest BCUT2D eigenvalue weighted by Gasteiger charge is 2.32. The quantitative estimate of drug-likeness (QED) is 0.485. The summed E-state index contributed by atoms with van der Waals surface area (Å²) >= 11 is 0. The molecular weight excluding hydrogens is 184 g/mol. The third kappa shape index (κ3) is 3.77. The molecule has 0 N–H and O–H groups in total. The molecule has 14 heavy (non-hydrogen) atoms. The first-order chi connectivity index (χ1) is 6.47. The van der Waals surface area contributed by atoms with E-state index in [0.717, 1.165) is 12.8 Å². The minimum Gasteiger partial charge on any atom is -0.459 e. The first-order valence-electron chi connectivity index (χ1n) is 4.80. The fourth-order valence-corrected chi connectivity index (χ4v) is 0.917. The summed E-state index contributed by atoms with van der Waals surface area (Å²) in [5.74, 6) is -0.502. The third-order valence-corrected chi connectivity index (χ3v) is 2.02. The number of esters is 1. The van der Waals surface area contributed by atoms with Crippen molar-refractivity contribution < 1.29 is 19.1 Å². The van der Waals surface area contributed by atoms with E-state index in [9.17, 15) is 9.59 Å². The van der Waals surface area contributed by atoms with Crippen LogP contribution in [0.4, 0.5) is 0 Å². The van der Waals surface area contributed by atoms with E-state index in [0.29, 0.717) is 0 Å². The summed E-state index contributed by atoms with van der Waals surface area (Å²) in [6.07, 6.45) is 1.43. The molecule has 0 aliphatic carbocycles. The SMILES string of the molecule is CCC(CC)OC(=O)C(C)(C)OC=O. The molecule has 0 aromatic rings. The molecule has 82 valence electrons. The van der Waals surface area contributed by atoms with Crippen LogP contribution in [-0.4, -0.2) is 24.1 Å². The van der Waals surface area contributed by atoms with Gasteiger partial charge in [-0.2, -0.15) is 0 Å². The van der Waals surface area contributed by atoms with Gasteiger partial charge in [-0.15, -0.1) is 0 Å². The Kier molecular flexibility index (Phi) is 5.20. The number of carbonyl (C=O) groups excluding carboxylic acids is 2. The van der Waals surface area contributed by atoms with Gasteiger partial charge in [0.15, 0.2) is 0 Å². The highest BCUT2D eigenvalue weighted by Crippen LogP contribution is 2.14. The summed E-state index contributed by atoms with van der Waals surface area (Å²) in [5, 5.41) is 0. The Bertz CT molecular complexity index is 194. The second-order valence-electron chi connectivity index (χ2n) is 3.57. The number of ether oxygens (including phenoxy) is 2. The maximum absolute atomic E-state index is 11.5. The van der Waals surface area contributed by atoms with Crippen LogP contribution >= 0.6 is 0 Å². The van der Waals surface area contributed by atoms with E-state index in [-0.39, 0.29) is 12.6 Å². The molecule has 0 saturated carbocycles. The highest BCUT2D eigenvalue weighted by atomic mass is 16.6. The van der Waals surface area contributed by atoms with Crippen molar-refractivity contribution in [2.45, 2.75) is 52.2 Å². The lowest BCUT2D eigenvalue weighted by Gasteiger charge is -2.23. The van der Waals surface area contributed by atoms with Crippen molar-refractivity contribution in [3.8, 4) is 0 Å². The summed E-state index contributed by atoms with van der Waals surface area (Å²) in [6.45, 7) is 7.15. The molecule has 0 radical (unpaired) electrons. The second-order valence-corrected chi connectivity index (χ2v) is 3.57. The lowest BCUT2D eigenvalue weighted by atomic mass is 10.1. The van der Waals surface area contributed by atoms with Gasteiger partial charge in [0.2, 0.25) is 5.60 Å². The summed E-state index contributed by atoms with van der Waals surface area (Å²) in [5.41, 5.74) is -1.19. The van der Waals surface area contributed by atoms with Crippen LogP contribution in [0.5, 0.6) is 0 Å². The summed E-state index contributed by atoms with van der Waals surface area (Å²) in [6, 6.07) is 0. The van der Waals surface area contributed by atoms with Gasteiger partial charge in [0, 0.05) is 0 Å². The monoisotopic (exact) mass is 202 g/mol. The maximum Gasteiger partial charge on any atom is 0.350 e. The zero-order valence-electron chi connectivity index (χ0n) is 9.20. The molecule has 0 heterocycles. The van der Waals surface area contributed by atoms with Crippen molar-refractivity contribution in [3.63, 3.8) is 0 Å². The number of rotatable bonds is 6. The van der Waals surface area contributed by atoms with E-state index >= 15 is 0 Å². The molecule has 0 unspecified atom stereocenters. The summed E-state index contributed by atoms with van der Waals surface area (Å²) in [4.78, 5) is 21.6. The van der Waals surface area contributed by atoms with Gasteiger partial charge in [0.1, 0.15) is 6.10 Å². The molecule has 0 bridgehead atoms. The molecule has 4 nitrogen and oxygen atoms in total. The van der Waals surface area contributed by atoms with Crippen LogP contribution in [0.2, 0.25) is 0 Å². The number of hydrogen-bond acceptors (Lipinski definition) is 4. The average Bonchev–Trinajstić information content (AvgIpc) is 2.13. The lowest BCUT2D eigenvalue weighted by molar-refractivity contribution is -0.176. The van der Waals surface area contributed by atoms with Gasteiger partial charge < -0.3 is 9.47 Å². The van der Waals surface area contributed by atoms with Gasteiger partial charge in [0.05, 0.1) is 0 Å². The molecule has 0 aliphatic heterocycles. The van der Waals surface area contributed by atoms with E-state index in [4.69, 9.17) is 4.74 Å². The second kappa shape index (κ2) is 5.62. The molecule has 0 aromatic carbocycles. The van der Waals surface area contributed by atoms with Crippen LogP contribution in [0.3, 0.4) is 0 Å². The molecule has 0 atom stereocenters. The normalized spacial score (nSPS) is 11.2. The van der Waals surface area contributed by atoms with Crippen molar-refractivity contribution in [2.75, 3.05) is 0 Å². The van der Waals surface area contributed by atoms with Crippen LogP contribution in [0, 0.1) is 0 Å². The minimum atomic E-state index is -1.19. The Morgan fingerprint density at radius 3 is 2.21 bits per heavy atom. The smallest absolute Gasteiger partial charge is 0.350 e. The van der Waals surface area contributed by atoms with Crippen molar-refractivity contribution >= 4 is 12.4 Å². The topological polar surface area (TPSA) is 52.6 Å². The van der Waals surface area contributed by atoms with E-state index in [1.54, 1.807) is 0 Å². The van der Waals surface area contributed by atoms with Crippen LogP contribution in [0.15, 0.2) is 0 Å². The van der Waals surface area contributed by atoms with E-state index in [1.807, 2.05) is 13.8 Å². The number of hydrogen-bond donors (Lipinski definition) is 0. The summed E-state index contributed by atoms with van der Waals surface area (Å²) in [7, 11) is 0. The van der Waals surface area contributed by atoms with Crippen LogP contribution in [0.1, 0.15) is 40.5 Å². The van der Waals surface area contributed by atoms with Gasteiger partial charge >= 0.3 is 5.97 Å². The Hall–Kier alpha value is -1.06. The van der Waals surface area contributed by atoms with Crippen molar-refractivity contribution in [2.24, 2.45) is 0 Å². The molecule has 0 rings (SSSR count). The predicted octanol–water partition coefficient (Wildman–Crippen LogP) is 1.67. The van der Waals surface area contributed by atoms with Gasteiger partial charge in [-0.3, -0.25) is 4.79 Å². The predicted molar refractivity (Wildman–Crippen MR) is 51.7 cm³/mol. The molecule has 0 fully saturated rings. The first-order valence-corrected chi connectivity index (χ1v) is 4.80. The van der Waals surface area contributed by atoms with Crippen LogP contribution in [0.25, 0.3) is 0 Å². The molecule has 0 aromatic heterocycles.